The van der Waals surface area contributed by atoms with Gasteiger partial charge in [0.2, 0.25) is 0 Å². The molecule has 2 unspecified atom stereocenters. The topological polar surface area (TPSA) is 29.3 Å². The molecule has 1 aromatic heterocycles. The summed E-state index contributed by atoms with van der Waals surface area (Å²) in [5.74, 6) is 0. The van der Waals surface area contributed by atoms with Gasteiger partial charge in [0.1, 0.15) is 0 Å². The molecular weight excluding hydrogens is 284 g/mol. The molecule has 0 amide bonds. The lowest BCUT2D eigenvalue weighted by Gasteiger charge is -2.37. The highest BCUT2D eigenvalue weighted by Crippen LogP contribution is 2.37. The van der Waals surface area contributed by atoms with E-state index < -0.39 is 0 Å². The van der Waals surface area contributed by atoms with Crippen LogP contribution in [0.3, 0.4) is 0 Å². The Hall–Kier alpha value is 0.100. The highest BCUT2D eigenvalue weighted by atomic mass is 79.9. The van der Waals surface area contributed by atoms with E-state index in [-0.39, 0.29) is 0 Å². The summed E-state index contributed by atoms with van der Waals surface area (Å²) in [4.78, 5) is 4.15. The lowest BCUT2D eigenvalue weighted by Crippen LogP contribution is -2.46. The van der Waals surface area contributed by atoms with Crippen LogP contribution in [0.5, 0.6) is 0 Å². The van der Waals surface area contributed by atoms with Gasteiger partial charge in [0.15, 0.2) is 0 Å². The maximum Gasteiger partial charge on any atom is 0.0345 e. The lowest BCUT2D eigenvalue weighted by molar-refractivity contribution is 0.121. The van der Waals surface area contributed by atoms with Gasteiger partial charge in [-0.25, -0.2) is 0 Å². The fourth-order valence-electron chi connectivity index (χ4n) is 3.18. The summed E-state index contributed by atoms with van der Waals surface area (Å²) in [6, 6.07) is 4.07. The van der Waals surface area contributed by atoms with E-state index in [1.165, 1.54) is 35.0 Å². The van der Waals surface area contributed by atoms with Crippen molar-refractivity contribution in [3.05, 3.63) is 20.8 Å². The van der Waals surface area contributed by atoms with Crippen LogP contribution in [0.2, 0.25) is 0 Å². The maximum absolute atomic E-state index is 6.09. The van der Waals surface area contributed by atoms with Crippen LogP contribution in [0.25, 0.3) is 0 Å². The molecule has 2 atom stereocenters. The van der Waals surface area contributed by atoms with E-state index in [0.29, 0.717) is 6.04 Å². The number of piperidine rings is 1. The van der Waals surface area contributed by atoms with Crippen LogP contribution in [0.1, 0.15) is 30.6 Å². The van der Waals surface area contributed by atoms with Gasteiger partial charge in [-0.2, -0.15) is 0 Å². The van der Waals surface area contributed by atoms with E-state index in [1.54, 1.807) is 0 Å². The Morgan fingerprint density at radius 3 is 2.62 bits per heavy atom. The number of thiophene rings is 1. The van der Waals surface area contributed by atoms with E-state index in [4.69, 9.17) is 5.73 Å². The number of nitrogens with two attached hydrogens (primary N) is 1. The molecule has 2 fully saturated rings. The third kappa shape index (κ3) is 1.96. The Morgan fingerprint density at radius 2 is 2.06 bits per heavy atom. The first-order valence-electron chi connectivity index (χ1n) is 5.97. The van der Waals surface area contributed by atoms with E-state index >= 15 is 0 Å². The highest BCUT2D eigenvalue weighted by molar-refractivity contribution is 9.10. The Balaban J connectivity index is 1.75. The van der Waals surface area contributed by atoms with Gasteiger partial charge in [-0.1, -0.05) is 0 Å². The zero-order valence-corrected chi connectivity index (χ0v) is 11.6. The van der Waals surface area contributed by atoms with Crippen LogP contribution in [0.4, 0.5) is 0 Å². The van der Waals surface area contributed by atoms with Gasteiger partial charge in [0, 0.05) is 34.0 Å². The minimum absolute atomic E-state index is 0.445. The van der Waals surface area contributed by atoms with Crippen LogP contribution in [0.15, 0.2) is 15.9 Å². The molecule has 0 spiro atoms. The Labute approximate surface area is 109 Å². The van der Waals surface area contributed by atoms with Crippen LogP contribution >= 0.6 is 27.3 Å². The molecule has 2 bridgehead atoms. The van der Waals surface area contributed by atoms with Crippen LogP contribution in [-0.2, 0) is 6.54 Å². The van der Waals surface area contributed by atoms with Crippen molar-refractivity contribution in [2.45, 2.75) is 50.4 Å². The zero-order chi connectivity index (χ0) is 11.1. The standard InChI is InChI=1S/C12H17BrN2S/c13-11-3-4-16-12(11)7-15-9-1-2-10(15)6-8(14)5-9/h3-4,8-10H,1-2,5-7,14H2. The Bertz CT molecular complexity index is 365. The quantitative estimate of drug-likeness (QED) is 0.910. The number of halogens is 1. The normalized spacial score (nSPS) is 34.5. The van der Waals surface area contributed by atoms with Crippen molar-refractivity contribution in [2.24, 2.45) is 5.73 Å². The van der Waals surface area contributed by atoms with Crippen molar-refractivity contribution < 1.29 is 0 Å². The summed E-state index contributed by atoms with van der Waals surface area (Å²) >= 11 is 5.48. The summed E-state index contributed by atoms with van der Waals surface area (Å²) in [6.07, 6.45) is 5.09. The first-order valence-corrected chi connectivity index (χ1v) is 7.64. The van der Waals surface area contributed by atoms with Crippen LogP contribution in [-0.4, -0.2) is 23.0 Å². The maximum atomic E-state index is 6.09. The van der Waals surface area contributed by atoms with Crippen molar-refractivity contribution in [1.29, 1.82) is 0 Å². The molecule has 2 saturated heterocycles. The Kier molecular flexibility index (Phi) is 3.09. The van der Waals surface area contributed by atoms with Gasteiger partial charge >= 0.3 is 0 Å². The SMILES string of the molecule is NC1CC2CCC(C1)N2Cc1sccc1Br. The fourth-order valence-corrected chi connectivity index (χ4v) is 4.66. The van der Waals surface area contributed by atoms with Crippen molar-refractivity contribution in [3.63, 3.8) is 0 Å². The average molecular weight is 301 g/mol. The molecule has 3 heterocycles. The second-order valence-electron chi connectivity index (χ2n) is 4.98. The molecule has 0 aliphatic carbocycles. The third-order valence-corrected chi connectivity index (χ3v) is 5.85. The van der Waals surface area contributed by atoms with Crippen molar-refractivity contribution in [2.75, 3.05) is 0 Å². The lowest BCUT2D eigenvalue weighted by atomic mass is 9.98. The molecule has 4 heteroatoms. The van der Waals surface area contributed by atoms with Crippen molar-refractivity contribution in [1.82, 2.24) is 4.90 Å². The highest BCUT2D eigenvalue weighted by Gasteiger charge is 2.39. The van der Waals surface area contributed by atoms with Gasteiger partial charge < -0.3 is 5.73 Å². The molecule has 2 nitrogen and oxygen atoms in total. The van der Waals surface area contributed by atoms with Crippen LogP contribution < -0.4 is 5.73 Å². The van der Waals surface area contributed by atoms with Gasteiger partial charge in [-0.05, 0) is 53.1 Å². The number of fused-ring (bicyclic) bond motifs is 2. The smallest absolute Gasteiger partial charge is 0.0345 e. The van der Waals surface area contributed by atoms with E-state index in [1.807, 2.05) is 11.3 Å². The monoisotopic (exact) mass is 300 g/mol. The molecule has 3 rings (SSSR count). The predicted molar refractivity (Wildman–Crippen MR) is 71.6 cm³/mol. The molecule has 0 aromatic carbocycles. The molecule has 2 aliphatic heterocycles. The molecule has 2 N–H and O–H groups in total. The van der Waals surface area contributed by atoms with Crippen LogP contribution in [0, 0.1) is 0 Å². The van der Waals surface area contributed by atoms with Crippen molar-refractivity contribution in [3.8, 4) is 0 Å². The summed E-state index contributed by atoms with van der Waals surface area (Å²) in [5.41, 5.74) is 6.09. The number of rotatable bonds is 2. The summed E-state index contributed by atoms with van der Waals surface area (Å²) < 4.78 is 1.27. The summed E-state index contributed by atoms with van der Waals surface area (Å²) in [7, 11) is 0. The van der Waals surface area contributed by atoms with E-state index in [9.17, 15) is 0 Å². The second-order valence-corrected chi connectivity index (χ2v) is 6.84. The van der Waals surface area contributed by atoms with Gasteiger partial charge in [-0.15, -0.1) is 11.3 Å². The molecule has 2 aliphatic rings. The molecule has 0 radical (unpaired) electrons. The average Bonchev–Trinajstić information content (AvgIpc) is 2.73. The second kappa shape index (κ2) is 4.41. The number of nitrogens with zero attached hydrogens (tertiary/aromatic N) is 1. The minimum Gasteiger partial charge on any atom is -0.328 e. The fraction of sp³-hybridized carbons (Fsp3) is 0.667. The van der Waals surface area contributed by atoms with Crippen molar-refractivity contribution >= 4 is 27.3 Å². The minimum atomic E-state index is 0.445. The predicted octanol–water partition coefficient (Wildman–Crippen LogP) is 2.96. The van der Waals surface area contributed by atoms with Gasteiger partial charge in [0.25, 0.3) is 0 Å². The molecule has 88 valence electrons. The third-order valence-electron chi connectivity index (χ3n) is 3.94. The largest absolute Gasteiger partial charge is 0.328 e. The van der Waals surface area contributed by atoms with E-state index in [2.05, 4.69) is 32.3 Å². The molecule has 16 heavy (non-hydrogen) atoms. The molecule has 0 saturated carbocycles. The number of hydrogen-bond donors (Lipinski definition) is 1. The zero-order valence-electron chi connectivity index (χ0n) is 9.23. The number of hydrogen-bond acceptors (Lipinski definition) is 3. The first kappa shape index (κ1) is 11.2. The molecular formula is C12H17BrN2S. The first-order chi connectivity index (χ1) is 7.74. The van der Waals surface area contributed by atoms with Gasteiger partial charge in [-0.3, -0.25) is 4.90 Å². The summed E-state index contributed by atoms with van der Waals surface area (Å²) in [6.45, 7) is 1.11. The summed E-state index contributed by atoms with van der Waals surface area (Å²) in [5, 5.41) is 2.16. The van der Waals surface area contributed by atoms with Gasteiger partial charge in [0.05, 0.1) is 0 Å². The van der Waals surface area contributed by atoms with E-state index in [0.717, 1.165) is 18.6 Å². The molecule has 1 aromatic rings. The Morgan fingerprint density at radius 1 is 1.38 bits per heavy atom.